The highest BCUT2D eigenvalue weighted by molar-refractivity contribution is 5.70. The third kappa shape index (κ3) is 2.33. The summed E-state index contributed by atoms with van der Waals surface area (Å²) in [6, 6.07) is 15.2. The lowest BCUT2D eigenvalue weighted by atomic mass is 9.97. The topological polar surface area (TPSA) is 3.24 Å². The Morgan fingerprint density at radius 3 is 2.06 bits per heavy atom. The minimum atomic E-state index is 1.24. The summed E-state index contributed by atoms with van der Waals surface area (Å²) in [5.74, 6) is 0. The Bertz CT molecular complexity index is 510. The fourth-order valence-corrected chi connectivity index (χ4v) is 2.00. The number of rotatable bonds is 2. The molecule has 88 valence electrons. The van der Waals surface area contributed by atoms with Crippen LogP contribution < -0.4 is 4.90 Å². The first-order chi connectivity index (χ1) is 8.09. The first-order valence-electron chi connectivity index (χ1n) is 5.93. The quantitative estimate of drug-likeness (QED) is 0.745. The lowest BCUT2D eigenvalue weighted by molar-refractivity contribution is 1.13. The van der Waals surface area contributed by atoms with Crippen molar-refractivity contribution in [3.63, 3.8) is 0 Å². The number of nitrogens with zero attached hydrogens (tertiary/aromatic N) is 1. The van der Waals surface area contributed by atoms with Gasteiger partial charge in [-0.05, 0) is 48.2 Å². The molecule has 0 aromatic heterocycles. The Balaban J connectivity index is 2.43. The van der Waals surface area contributed by atoms with Crippen molar-refractivity contribution in [2.24, 2.45) is 0 Å². The molecule has 2 aromatic rings. The number of aryl methyl sites for hydroxylation is 1. The van der Waals surface area contributed by atoms with Gasteiger partial charge < -0.3 is 4.90 Å². The van der Waals surface area contributed by atoms with Crippen LogP contribution in [0.1, 0.15) is 11.1 Å². The third-order valence-corrected chi connectivity index (χ3v) is 3.30. The minimum Gasteiger partial charge on any atom is -0.378 e. The van der Waals surface area contributed by atoms with Crippen LogP contribution in [0.3, 0.4) is 0 Å². The zero-order chi connectivity index (χ0) is 12.4. The molecule has 1 heteroatoms. The van der Waals surface area contributed by atoms with Crippen LogP contribution in [0.4, 0.5) is 5.69 Å². The fourth-order valence-electron chi connectivity index (χ4n) is 2.00. The first kappa shape index (κ1) is 11.7. The molecular weight excluding hydrogens is 206 g/mol. The molecule has 2 aromatic carbocycles. The normalized spacial score (nSPS) is 10.4. The van der Waals surface area contributed by atoms with Gasteiger partial charge in [0, 0.05) is 19.8 Å². The van der Waals surface area contributed by atoms with Gasteiger partial charge in [-0.25, -0.2) is 0 Å². The molecule has 0 aliphatic rings. The number of hydrogen-bond acceptors (Lipinski definition) is 1. The molecule has 0 radical (unpaired) electrons. The molecule has 17 heavy (non-hydrogen) atoms. The van der Waals surface area contributed by atoms with Crippen LogP contribution in [0.15, 0.2) is 42.5 Å². The number of anilines is 1. The largest absolute Gasteiger partial charge is 0.378 e. The summed E-state index contributed by atoms with van der Waals surface area (Å²) in [6.45, 7) is 4.34. The van der Waals surface area contributed by atoms with Crippen molar-refractivity contribution >= 4 is 5.69 Å². The van der Waals surface area contributed by atoms with Crippen molar-refractivity contribution in [2.75, 3.05) is 19.0 Å². The average Bonchev–Trinajstić information content (AvgIpc) is 2.33. The summed E-state index contributed by atoms with van der Waals surface area (Å²) in [7, 11) is 4.12. The van der Waals surface area contributed by atoms with Gasteiger partial charge in [0.15, 0.2) is 0 Å². The monoisotopic (exact) mass is 225 g/mol. The second-order valence-corrected chi connectivity index (χ2v) is 4.69. The predicted octanol–water partition coefficient (Wildman–Crippen LogP) is 4.04. The van der Waals surface area contributed by atoms with Crippen molar-refractivity contribution in [1.82, 2.24) is 0 Å². The maximum atomic E-state index is 2.19. The van der Waals surface area contributed by atoms with Crippen LogP contribution in [0, 0.1) is 13.8 Å². The molecule has 0 fully saturated rings. The molecule has 0 aliphatic carbocycles. The molecule has 0 saturated carbocycles. The molecule has 0 atom stereocenters. The van der Waals surface area contributed by atoms with E-state index in [0.717, 1.165) is 0 Å². The van der Waals surface area contributed by atoms with Gasteiger partial charge in [0.05, 0.1) is 0 Å². The fraction of sp³-hybridized carbons (Fsp3) is 0.250. The van der Waals surface area contributed by atoms with E-state index in [2.05, 4.69) is 75.3 Å². The molecule has 1 nitrogen and oxygen atoms in total. The maximum Gasteiger partial charge on any atom is 0.0361 e. The van der Waals surface area contributed by atoms with Crippen LogP contribution in [-0.2, 0) is 0 Å². The Hall–Kier alpha value is -1.76. The molecule has 0 bridgehead atoms. The van der Waals surface area contributed by atoms with Gasteiger partial charge in [0.1, 0.15) is 0 Å². The molecule has 0 N–H and O–H groups in total. The van der Waals surface area contributed by atoms with E-state index >= 15 is 0 Å². The lowest BCUT2D eigenvalue weighted by Gasteiger charge is -2.14. The van der Waals surface area contributed by atoms with Crippen LogP contribution >= 0.6 is 0 Å². The molecule has 0 amide bonds. The summed E-state index contributed by atoms with van der Waals surface area (Å²) in [6.07, 6.45) is 0. The second-order valence-electron chi connectivity index (χ2n) is 4.69. The Morgan fingerprint density at radius 2 is 1.47 bits per heavy atom. The lowest BCUT2D eigenvalue weighted by Crippen LogP contribution is -2.07. The molecular formula is C16H19N. The average molecular weight is 225 g/mol. The van der Waals surface area contributed by atoms with E-state index in [9.17, 15) is 0 Å². The molecule has 2 rings (SSSR count). The first-order valence-corrected chi connectivity index (χ1v) is 5.93. The smallest absolute Gasteiger partial charge is 0.0361 e. The van der Waals surface area contributed by atoms with Gasteiger partial charge >= 0.3 is 0 Å². The highest BCUT2D eigenvalue weighted by Crippen LogP contribution is 2.26. The van der Waals surface area contributed by atoms with E-state index in [4.69, 9.17) is 0 Å². The summed E-state index contributed by atoms with van der Waals surface area (Å²) >= 11 is 0. The van der Waals surface area contributed by atoms with Gasteiger partial charge in [-0.1, -0.05) is 30.3 Å². The Labute approximate surface area is 104 Å². The second kappa shape index (κ2) is 4.62. The Kier molecular flexibility index (Phi) is 3.19. The standard InChI is InChI=1S/C16H19N/c1-12-6-5-7-16(13(12)2)14-8-10-15(11-9-14)17(3)4/h5-11H,1-4H3. The van der Waals surface area contributed by atoms with Gasteiger partial charge in [0.2, 0.25) is 0 Å². The summed E-state index contributed by atoms with van der Waals surface area (Å²) < 4.78 is 0. The van der Waals surface area contributed by atoms with Gasteiger partial charge in [-0.15, -0.1) is 0 Å². The summed E-state index contributed by atoms with van der Waals surface area (Å²) in [5.41, 5.74) is 6.57. The SMILES string of the molecule is Cc1cccc(-c2ccc(N(C)C)cc2)c1C. The Morgan fingerprint density at radius 1 is 0.824 bits per heavy atom. The molecule has 0 aliphatic heterocycles. The zero-order valence-corrected chi connectivity index (χ0v) is 11.0. The molecule has 0 spiro atoms. The predicted molar refractivity (Wildman–Crippen MR) is 75.7 cm³/mol. The van der Waals surface area contributed by atoms with E-state index in [1.165, 1.54) is 27.9 Å². The van der Waals surface area contributed by atoms with Crippen LogP contribution in [0.2, 0.25) is 0 Å². The van der Waals surface area contributed by atoms with Gasteiger partial charge in [-0.3, -0.25) is 0 Å². The number of benzene rings is 2. The van der Waals surface area contributed by atoms with E-state index < -0.39 is 0 Å². The molecule has 0 saturated heterocycles. The van der Waals surface area contributed by atoms with E-state index in [1.807, 2.05) is 0 Å². The third-order valence-electron chi connectivity index (χ3n) is 3.30. The molecule has 0 unspecified atom stereocenters. The minimum absolute atomic E-state index is 1.24. The van der Waals surface area contributed by atoms with Crippen molar-refractivity contribution in [2.45, 2.75) is 13.8 Å². The van der Waals surface area contributed by atoms with Crippen molar-refractivity contribution in [3.8, 4) is 11.1 Å². The highest BCUT2D eigenvalue weighted by atomic mass is 15.1. The van der Waals surface area contributed by atoms with Gasteiger partial charge in [-0.2, -0.15) is 0 Å². The highest BCUT2D eigenvalue weighted by Gasteiger charge is 2.03. The van der Waals surface area contributed by atoms with E-state index in [1.54, 1.807) is 0 Å². The number of hydrogen-bond donors (Lipinski definition) is 0. The van der Waals surface area contributed by atoms with Gasteiger partial charge in [0.25, 0.3) is 0 Å². The summed E-state index contributed by atoms with van der Waals surface area (Å²) in [5, 5.41) is 0. The maximum absolute atomic E-state index is 2.19. The molecule has 0 heterocycles. The van der Waals surface area contributed by atoms with E-state index in [-0.39, 0.29) is 0 Å². The van der Waals surface area contributed by atoms with Crippen LogP contribution in [0.5, 0.6) is 0 Å². The van der Waals surface area contributed by atoms with E-state index in [0.29, 0.717) is 0 Å². The van der Waals surface area contributed by atoms with Crippen molar-refractivity contribution in [1.29, 1.82) is 0 Å². The summed E-state index contributed by atoms with van der Waals surface area (Å²) in [4.78, 5) is 2.12. The zero-order valence-electron chi connectivity index (χ0n) is 11.0. The van der Waals surface area contributed by atoms with Crippen molar-refractivity contribution in [3.05, 3.63) is 53.6 Å². The van der Waals surface area contributed by atoms with Crippen LogP contribution in [0.25, 0.3) is 11.1 Å². The van der Waals surface area contributed by atoms with Crippen molar-refractivity contribution < 1.29 is 0 Å². The van der Waals surface area contributed by atoms with Crippen LogP contribution in [-0.4, -0.2) is 14.1 Å².